The Morgan fingerprint density at radius 3 is 2.50 bits per heavy atom. The maximum absolute atomic E-state index is 12.3. The van der Waals surface area contributed by atoms with Gasteiger partial charge in [0.15, 0.2) is 5.82 Å². The summed E-state index contributed by atoms with van der Waals surface area (Å²) in [7, 11) is 0. The second kappa shape index (κ2) is 4.90. The van der Waals surface area contributed by atoms with Crippen LogP contribution in [0.25, 0.3) is 10.9 Å². The van der Waals surface area contributed by atoms with Crippen molar-refractivity contribution in [3.63, 3.8) is 0 Å². The molecule has 0 radical (unpaired) electrons. The minimum Gasteiger partial charge on any atom is -0.303 e. The highest BCUT2D eigenvalue weighted by atomic mass is 35.5. The molecule has 0 amide bonds. The molecular weight excluding hydrogens is 276 g/mol. The molecule has 4 nitrogen and oxygen atoms in total. The van der Waals surface area contributed by atoms with Gasteiger partial charge in [0, 0.05) is 10.6 Å². The van der Waals surface area contributed by atoms with Crippen LogP contribution < -0.4 is 5.56 Å². The molecule has 0 saturated heterocycles. The number of halogens is 1. The van der Waals surface area contributed by atoms with Gasteiger partial charge in [-0.25, -0.2) is 4.98 Å². The van der Waals surface area contributed by atoms with Crippen molar-refractivity contribution >= 4 is 28.3 Å². The van der Waals surface area contributed by atoms with Crippen molar-refractivity contribution in [1.82, 2.24) is 9.97 Å². The van der Waals surface area contributed by atoms with Gasteiger partial charge in [-0.1, -0.05) is 23.7 Å². The summed E-state index contributed by atoms with van der Waals surface area (Å²) in [6.07, 6.45) is 0. The largest absolute Gasteiger partial charge is 0.303 e. The van der Waals surface area contributed by atoms with Gasteiger partial charge in [0.25, 0.3) is 5.56 Å². The number of benzene rings is 2. The lowest BCUT2D eigenvalue weighted by Gasteiger charge is -2.02. The number of carbonyl (C=O) groups is 1. The number of fused-ring (bicyclic) bond motifs is 1. The number of nitrogens with one attached hydrogen (secondary N) is 1. The van der Waals surface area contributed by atoms with E-state index >= 15 is 0 Å². The Hall–Kier alpha value is -2.46. The van der Waals surface area contributed by atoms with Gasteiger partial charge in [0.1, 0.15) is 0 Å². The maximum atomic E-state index is 12.3. The SMILES string of the molecule is O=C(c1ccc(Cl)cc1)c1nc2ccccc2c(=O)[nH]1. The van der Waals surface area contributed by atoms with Crippen LogP contribution in [0.5, 0.6) is 0 Å². The molecule has 1 heterocycles. The number of hydrogen-bond donors (Lipinski definition) is 1. The van der Waals surface area contributed by atoms with Gasteiger partial charge in [-0.05, 0) is 36.4 Å². The molecule has 3 aromatic rings. The van der Waals surface area contributed by atoms with Crippen molar-refractivity contribution in [3.8, 4) is 0 Å². The quantitative estimate of drug-likeness (QED) is 0.736. The van der Waals surface area contributed by atoms with Crippen LogP contribution >= 0.6 is 11.6 Å². The second-order valence-electron chi connectivity index (χ2n) is 4.27. The van der Waals surface area contributed by atoms with Crippen LogP contribution in [0.1, 0.15) is 16.2 Å². The Morgan fingerprint density at radius 1 is 1.05 bits per heavy atom. The van der Waals surface area contributed by atoms with Crippen LogP contribution in [0, 0.1) is 0 Å². The smallest absolute Gasteiger partial charge is 0.259 e. The average Bonchev–Trinajstić information content (AvgIpc) is 2.47. The molecule has 98 valence electrons. The lowest BCUT2D eigenvalue weighted by atomic mass is 10.1. The summed E-state index contributed by atoms with van der Waals surface area (Å²) in [5, 5.41) is 1.00. The molecule has 0 spiro atoms. The van der Waals surface area contributed by atoms with Gasteiger partial charge in [0.05, 0.1) is 10.9 Å². The molecule has 0 bridgehead atoms. The summed E-state index contributed by atoms with van der Waals surface area (Å²) in [5.74, 6) is -0.319. The van der Waals surface area contributed by atoms with Crippen LogP contribution in [-0.2, 0) is 0 Å². The van der Waals surface area contributed by atoms with Gasteiger partial charge >= 0.3 is 0 Å². The fourth-order valence-electron chi connectivity index (χ4n) is 1.93. The van der Waals surface area contributed by atoms with Crippen LogP contribution in [0.3, 0.4) is 0 Å². The van der Waals surface area contributed by atoms with Crippen molar-refractivity contribution < 1.29 is 4.79 Å². The van der Waals surface area contributed by atoms with Crippen molar-refractivity contribution in [3.05, 3.63) is 75.3 Å². The zero-order chi connectivity index (χ0) is 14.1. The Morgan fingerprint density at radius 2 is 1.75 bits per heavy atom. The molecule has 0 atom stereocenters. The van der Waals surface area contributed by atoms with E-state index in [-0.39, 0.29) is 17.2 Å². The summed E-state index contributed by atoms with van der Waals surface area (Å²) in [4.78, 5) is 30.9. The number of para-hydroxylation sites is 1. The normalized spacial score (nSPS) is 10.7. The summed E-state index contributed by atoms with van der Waals surface area (Å²) >= 11 is 5.78. The maximum Gasteiger partial charge on any atom is 0.259 e. The van der Waals surface area contributed by atoms with Crippen LogP contribution in [0.4, 0.5) is 0 Å². The van der Waals surface area contributed by atoms with E-state index in [4.69, 9.17) is 11.6 Å². The molecule has 1 aromatic heterocycles. The summed E-state index contributed by atoms with van der Waals surface area (Å²) in [6, 6.07) is 13.3. The van der Waals surface area contributed by atoms with Crippen LogP contribution in [0.15, 0.2) is 53.3 Å². The van der Waals surface area contributed by atoms with E-state index in [0.717, 1.165) is 0 Å². The first-order valence-corrected chi connectivity index (χ1v) is 6.32. The Kier molecular flexibility index (Phi) is 3.08. The van der Waals surface area contributed by atoms with Crippen molar-refractivity contribution in [2.24, 2.45) is 0 Å². The number of aromatic amines is 1. The highest BCUT2D eigenvalue weighted by Crippen LogP contribution is 2.13. The third-order valence-corrected chi connectivity index (χ3v) is 3.19. The molecule has 2 aromatic carbocycles. The molecule has 20 heavy (non-hydrogen) atoms. The number of hydrogen-bond acceptors (Lipinski definition) is 3. The highest BCUT2D eigenvalue weighted by molar-refractivity contribution is 6.30. The van der Waals surface area contributed by atoms with E-state index in [2.05, 4.69) is 9.97 Å². The van der Waals surface area contributed by atoms with Gasteiger partial charge in [-0.15, -0.1) is 0 Å². The topological polar surface area (TPSA) is 62.8 Å². The first kappa shape index (κ1) is 12.6. The van der Waals surface area contributed by atoms with Crippen molar-refractivity contribution in [2.75, 3.05) is 0 Å². The zero-order valence-electron chi connectivity index (χ0n) is 10.3. The first-order valence-electron chi connectivity index (χ1n) is 5.94. The fourth-order valence-corrected chi connectivity index (χ4v) is 2.06. The zero-order valence-corrected chi connectivity index (χ0v) is 11.0. The molecular formula is C15H9ClN2O2. The van der Waals surface area contributed by atoms with Gasteiger partial charge < -0.3 is 4.98 Å². The molecule has 1 N–H and O–H groups in total. The highest BCUT2D eigenvalue weighted by Gasteiger charge is 2.13. The Bertz CT molecular complexity index is 854. The van der Waals surface area contributed by atoms with Gasteiger partial charge in [-0.3, -0.25) is 9.59 Å². The number of aromatic nitrogens is 2. The Labute approximate surface area is 119 Å². The molecule has 3 rings (SSSR count). The van der Waals surface area contributed by atoms with E-state index < -0.39 is 0 Å². The van der Waals surface area contributed by atoms with E-state index in [1.54, 1.807) is 48.5 Å². The number of rotatable bonds is 2. The lowest BCUT2D eigenvalue weighted by Crippen LogP contribution is -2.16. The van der Waals surface area contributed by atoms with E-state index in [1.807, 2.05) is 0 Å². The number of H-pyrrole nitrogens is 1. The monoisotopic (exact) mass is 284 g/mol. The van der Waals surface area contributed by atoms with E-state index in [1.165, 1.54) is 0 Å². The Balaban J connectivity index is 2.12. The lowest BCUT2D eigenvalue weighted by molar-refractivity contribution is 0.102. The van der Waals surface area contributed by atoms with Crippen molar-refractivity contribution in [2.45, 2.75) is 0 Å². The molecule has 0 saturated carbocycles. The number of nitrogens with zero attached hydrogens (tertiary/aromatic N) is 1. The predicted octanol–water partition coefficient (Wildman–Crippen LogP) is 2.81. The number of ketones is 1. The average molecular weight is 285 g/mol. The molecule has 0 aliphatic heterocycles. The predicted molar refractivity (Wildman–Crippen MR) is 77.2 cm³/mol. The second-order valence-corrected chi connectivity index (χ2v) is 4.70. The number of carbonyl (C=O) groups excluding carboxylic acids is 1. The standard InChI is InChI=1S/C15H9ClN2O2/c16-10-7-5-9(6-8-10)13(19)14-17-12-4-2-1-3-11(12)15(20)18-14/h1-8H,(H,17,18,20). The molecule has 0 aliphatic rings. The first-order chi connectivity index (χ1) is 9.65. The minimum absolute atomic E-state index is 0.0241. The van der Waals surface area contributed by atoms with E-state index in [0.29, 0.717) is 21.5 Å². The molecule has 0 aliphatic carbocycles. The summed E-state index contributed by atoms with van der Waals surface area (Å²) in [6.45, 7) is 0. The van der Waals surface area contributed by atoms with Crippen LogP contribution in [-0.4, -0.2) is 15.8 Å². The summed E-state index contributed by atoms with van der Waals surface area (Å²) < 4.78 is 0. The van der Waals surface area contributed by atoms with Crippen molar-refractivity contribution in [1.29, 1.82) is 0 Å². The van der Waals surface area contributed by atoms with Gasteiger partial charge in [0.2, 0.25) is 5.78 Å². The van der Waals surface area contributed by atoms with Gasteiger partial charge in [-0.2, -0.15) is 0 Å². The van der Waals surface area contributed by atoms with Crippen LogP contribution in [0.2, 0.25) is 5.02 Å². The molecule has 5 heteroatoms. The van der Waals surface area contributed by atoms with E-state index in [9.17, 15) is 9.59 Å². The minimum atomic E-state index is -0.343. The fraction of sp³-hybridized carbons (Fsp3) is 0. The third-order valence-electron chi connectivity index (χ3n) is 2.93. The summed E-state index contributed by atoms with van der Waals surface area (Å²) in [5.41, 5.74) is 0.592. The molecule has 0 fully saturated rings. The third kappa shape index (κ3) is 2.21. The molecule has 0 unspecified atom stereocenters.